The first-order chi connectivity index (χ1) is 17.9. The number of hydrogen-bond donors (Lipinski definition) is 4. The zero-order chi connectivity index (χ0) is 26.2. The summed E-state index contributed by atoms with van der Waals surface area (Å²) < 4.78 is 10.7. The predicted octanol–water partition coefficient (Wildman–Crippen LogP) is 1.64. The van der Waals surface area contributed by atoms with Gasteiger partial charge in [0.25, 0.3) is 17.7 Å². The molecule has 3 amide bonds. The number of aliphatic carboxylic acids is 1. The molecule has 37 heavy (non-hydrogen) atoms. The van der Waals surface area contributed by atoms with Crippen LogP contribution in [-0.2, 0) is 30.3 Å². The van der Waals surface area contributed by atoms with Crippen LogP contribution in [0.4, 0.5) is 5.69 Å². The lowest BCUT2D eigenvalue weighted by atomic mass is 9.95. The van der Waals surface area contributed by atoms with E-state index in [-0.39, 0.29) is 25.2 Å². The number of carboxylic acid groups (broad SMARTS) is 1. The van der Waals surface area contributed by atoms with Crippen LogP contribution in [0.1, 0.15) is 48.0 Å². The summed E-state index contributed by atoms with van der Waals surface area (Å²) in [7, 11) is 0. The zero-order valence-corrected chi connectivity index (χ0v) is 20.2. The molecule has 2 heterocycles. The van der Waals surface area contributed by atoms with E-state index in [4.69, 9.17) is 9.47 Å². The number of carbonyl (C=O) groups is 4. The molecule has 4 rings (SSSR count). The van der Waals surface area contributed by atoms with Gasteiger partial charge >= 0.3 is 5.97 Å². The smallest absolute Gasteiger partial charge is 0.326 e. The molecule has 0 unspecified atom stereocenters. The van der Waals surface area contributed by atoms with Crippen molar-refractivity contribution < 1.29 is 33.8 Å². The summed E-state index contributed by atoms with van der Waals surface area (Å²) in [5.74, 6) is -2.69. The van der Waals surface area contributed by atoms with Gasteiger partial charge in [0.05, 0.1) is 0 Å². The van der Waals surface area contributed by atoms with E-state index >= 15 is 0 Å². The van der Waals surface area contributed by atoms with E-state index in [0.29, 0.717) is 16.8 Å². The summed E-state index contributed by atoms with van der Waals surface area (Å²) in [5.41, 5.74) is 1.62. The minimum absolute atomic E-state index is 0.00777. The fraction of sp³-hybridized carbons (Fsp3) is 0.423. The van der Waals surface area contributed by atoms with Crippen LogP contribution in [0.25, 0.3) is 0 Å². The maximum atomic E-state index is 12.9. The van der Waals surface area contributed by atoms with Crippen molar-refractivity contribution >= 4 is 29.4 Å². The van der Waals surface area contributed by atoms with Gasteiger partial charge in [-0.15, -0.1) is 0 Å². The van der Waals surface area contributed by atoms with E-state index in [1.54, 1.807) is 36.4 Å². The SMILES string of the molecule is O=C(Nc1ccc(C[C@H](NC(=O)[C@@H]2OCO[C@H]2C(=O)NC2CCCCC2)C(=O)O)cc1)c1ccncc1. The second kappa shape index (κ2) is 12.4. The summed E-state index contributed by atoms with van der Waals surface area (Å²) in [6, 6.07) is 8.60. The van der Waals surface area contributed by atoms with Gasteiger partial charge in [0, 0.05) is 36.1 Å². The number of aromatic nitrogens is 1. The van der Waals surface area contributed by atoms with Crippen molar-refractivity contribution in [3.05, 3.63) is 59.9 Å². The highest BCUT2D eigenvalue weighted by molar-refractivity contribution is 6.04. The van der Waals surface area contributed by atoms with Crippen LogP contribution in [0.15, 0.2) is 48.8 Å². The quantitative estimate of drug-likeness (QED) is 0.397. The predicted molar refractivity (Wildman–Crippen MR) is 132 cm³/mol. The average Bonchev–Trinajstić information content (AvgIpc) is 3.41. The molecule has 0 spiro atoms. The molecule has 11 nitrogen and oxygen atoms in total. The van der Waals surface area contributed by atoms with Crippen molar-refractivity contribution in [3.63, 3.8) is 0 Å². The summed E-state index contributed by atoms with van der Waals surface area (Å²) in [6.45, 7) is -0.231. The van der Waals surface area contributed by atoms with Crippen molar-refractivity contribution in [2.24, 2.45) is 0 Å². The molecular weight excluding hydrogens is 480 g/mol. The van der Waals surface area contributed by atoms with Crippen LogP contribution >= 0.6 is 0 Å². The van der Waals surface area contributed by atoms with Gasteiger partial charge < -0.3 is 30.5 Å². The summed E-state index contributed by atoms with van der Waals surface area (Å²) in [6.07, 6.45) is 5.62. The molecule has 3 atom stereocenters. The lowest BCUT2D eigenvalue weighted by Crippen LogP contribution is -2.53. The monoisotopic (exact) mass is 510 g/mol. The largest absolute Gasteiger partial charge is 0.480 e. The van der Waals surface area contributed by atoms with Crippen molar-refractivity contribution in [3.8, 4) is 0 Å². The lowest BCUT2D eigenvalue weighted by Gasteiger charge is -2.25. The third-order valence-electron chi connectivity index (χ3n) is 6.45. The van der Waals surface area contributed by atoms with Crippen molar-refractivity contribution in [1.29, 1.82) is 0 Å². The first kappa shape index (κ1) is 26.2. The second-order valence-electron chi connectivity index (χ2n) is 9.13. The third kappa shape index (κ3) is 7.11. The lowest BCUT2D eigenvalue weighted by molar-refractivity contribution is -0.144. The Morgan fingerprint density at radius 3 is 2.22 bits per heavy atom. The van der Waals surface area contributed by atoms with Crippen molar-refractivity contribution in [2.75, 3.05) is 12.1 Å². The van der Waals surface area contributed by atoms with Gasteiger partial charge in [-0.25, -0.2) is 4.79 Å². The van der Waals surface area contributed by atoms with Gasteiger partial charge in [-0.3, -0.25) is 19.4 Å². The number of rotatable bonds is 9. The minimum Gasteiger partial charge on any atom is -0.480 e. The number of ether oxygens (including phenoxy) is 2. The van der Waals surface area contributed by atoms with Gasteiger partial charge in [-0.1, -0.05) is 31.4 Å². The van der Waals surface area contributed by atoms with E-state index in [2.05, 4.69) is 20.9 Å². The standard InChI is InChI=1S/C26H30N4O7/c31-23(17-10-12-27-13-11-17)28-19-8-6-16(7-9-19)14-20(26(34)35)30-25(33)22-21(36-15-37-22)24(32)29-18-4-2-1-3-5-18/h6-13,18,20-22H,1-5,14-15H2,(H,28,31)(H,29,32)(H,30,33)(H,34,35)/t20-,21+,22+/m0/s1. The van der Waals surface area contributed by atoms with Gasteiger partial charge in [-0.2, -0.15) is 0 Å². The number of amides is 3. The van der Waals surface area contributed by atoms with Crippen molar-refractivity contribution in [1.82, 2.24) is 15.6 Å². The van der Waals surface area contributed by atoms with Crippen LogP contribution < -0.4 is 16.0 Å². The number of anilines is 1. The van der Waals surface area contributed by atoms with Gasteiger partial charge in [0.1, 0.15) is 12.8 Å². The van der Waals surface area contributed by atoms with E-state index in [1.807, 2.05) is 0 Å². The van der Waals surface area contributed by atoms with E-state index < -0.39 is 36.0 Å². The van der Waals surface area contributed by atoms with Gasteiger partial charge in [0.2, 0.25) is 0 Å². The number of benzene rings is 1. The number of carboxylic acids is 1. The van der Waals surface area contributed by atoms with Crippen LogP contribution in [-0.4, -0.2) is 64.9 Å². The Morgan fingerprint density at radius 2 is 1.57 bits per heavy atom. The number of nitrogens with one attached hydrogen (secondary N) is 3. The number of hydrogen-bond acceptors (Lipinski definition) is 7. The van der Waals surface area contributed by atoms with Crippen LogP contribution in [0.3, 0.4) is 0 Å². The highest BCUT2D eigenvalue weighted by Crippen LogP contribution is 2.20. The Hall–Kier alpha value is -3.83. The zero-order valence-electron chi connectivity index (χ0n) is 20.2. The van der Waals surface area contributed by atoms with E-state index in [0.717, 1.165) is 32.1 Å². The minimum atomic E-state index is -1.25. The Kier molecular flexibility index (Phi) is 8.81. The maximum Gasteiger partial charge on any atom is 0.326 e. The number of carbonyl (C=O) groups excluding carboxylic acids is 3. The Balaban J connectivity index is 1.33. The number of pyridine rings is 1. The average molecular weight is 511 g/mol. The molecule has 1 saturated carbocycles. The van der Waals surface area contributed by atoms with Crippen LogP contribution in [0.2, 0.25) is 0 Å². The Bertz CT molecular complexity index is 1100. The van der Waals surface area contributed by atoms with E-state index in [9.17, 15) is 24.3 Å². The normalized spacial score (nSPS) is 20.5. The molecule has 11 heteroatoms. The molecule has 2 fully saturated rings. The molecule has 4 N–H and O–H groups in total. The summed E-state index contributed by atoms with van der Waals surface area (Å²) in [4.78, 5) is 53.6. The molecule has 1 aromatic carbocycles. The molecule has 1 aromatic heterocycles. The Labute approximate surface area is 213 Å². The van der Waals surface area contributed by atoms with E-state index in [1.165, 1.54) is 12.4 Å². The molecule has 2 aromatic rings. The molecule has 1 saturated heterocycles. The highest BCUT2D eigenvalue weighted by atomic mass is 16.7. The fourth-order valence-corrected chi connectivity index (χ4v) is 4.44. The molecular formula is C26H30N4O7. The number of nitrogens with zero attached hydrogens (tertiary/aromatic N) is 1. The fourth-order valence-electron chi connectivity index (χ4n) is 4.44. The highest BCUT2D eigenvalue weighted by Gasteiger charge is 2.42. The van der Waals surface area contributed by atoms with Gasteiger partial charge in [-0.05, 0) is 42.7 Å². The molecule has 0 bridgehead atoms. The van der Waals surface area contributed by atoms with Gasteiger partial charge in [0.15, 0.2) is 12.2 Å². The molecule has 2 aliphatic rings. The summed E-state index contributed by atoms with van der Waals surface area (Å²) in [5, 5.41) is 17.8. The maximum absolute atomic E-state index is 12.9. The molecule has 1 aliphatic carbocycles. The second-order valence-corrected chi connectivity index (χ2v) is 9.13. The first-order valence-corrected chi connectivity index (χ1v) is 12.3. The molecule has 0 radical (unpaired) electrons. The molecule has 196 valence electrons. The summed E-state index contributed by atoms with van der Waals surface area (Å²) >= 11 is 0. The first-order valence-electron chi connectivity index (χ1n) is 12.3. The molecule has 1 aliphatic heterocycles. The third-order valence-corrected chi connectivity index (χ3v) is 6.45. The Morgan fingerprint density at radius 1 is 0.919 bits per heavy atom. The van der Waals surface area contributed by atoms with Crippen LogP contribution in [0, 0.1) is 0 Å². The topological polar surface area (TPSA) is 156 Å². The van der Waals surface area contributed by atoms with Crippen LogP contribution in [0.5, 0.6) is 0 Å². The van der Waals surface area contributed by atoms with Crippen molar-refractivity contribution in [2.45, 2.75) is 62.8 Å².